The second-order valence-electron chi connectivity index (χ2n) is 13.3. The summed E-state index contributed by atoms with van der Waals surface area (Å²) >= 11 is 0. The third-order valence-corrected chi connectivity index (χ3v) is 10.1. The molecule has 5 N–H and O–H groups in total. The number of unbranched alkanes of at least 4 members (excludes halogenated alkanes) is 12. The summed E-state index contributed by atoms with van der Waals surface area (Å²) in [6.07, 6.45) is 12.4. The van der Waals surface area contributed by atoms with Crippen LogP contribution in [0.5, 0.6) is 0 Å². The molecule has 0 aliphatic carbocycles. The highest BCUT2D eigenvalue weighted by molar-refractivity contribution is 7.47. The molecule has 2 aromatic heterocycles. The smallest absolute Gasteiger partial charge is 0.386 e. The Bertz CT molecular complexity index is 1680. The Balaban J connectivity index is 1.55. The fourth-order valence-corrected chi connectivity index (χ4v) is 6.82. The fourth-order valence-electron chi connectivity index (χ4n) is 6.03. The van der Waals surface area contributed by atoms with Gasteiger partial charge in [-0.15, -0.1) is 0 Å². The number of aliphatic hydroxyl groups is 2. The molecule has 0 saturated carbocycles. The number of nitriles is 2. The second-order valence-corrected chi connectivity index (χ2v) is 14.7. The van der Waals surface area contributed by atoms with Crippen LogP contribution in [0.25, 0.3) is 5.52 Å². The zero-order valence-corrected chi connectivity index (χ0v) is 31.6. The number of rotatable bonds is 27. The van der Waals surface area contributed by atoms with E-state index in [1.54, 1.807) is 6.07 Å². The Morgan fingerprint density at radius 1 is 0.981 bits per heavy atom. The summed E-state index contributed by atoms with van der Waals surface area (Å²) in [6.45, 7) is 0.796. The van der Waals surface area contributed by atoms with Gasteiger partial charge >= 0.3 is 7.82 Å². The number of nitrogen functional groups attached to an aromatic ring is 1. The number of nitrogens with two attached hydrogens (primary N) is 1. The molecule has 14 nitrogen and oxygen atoms in total. The van der Waals surface area contributed by atoms with Crippen LogP contribution in [-0.4, -0.2) is 67.8 Å². The van der Waals surface area contributed by atoms with Crippen LogP contribution < -0.4 is 5.73 Å². The van der Waals surface area contributed by atoms with Crippen molar-refractivity contribution in [3.63, 3.8) is 0 Å². The highest BCUT2D eigenvalue weighted by atomic mass is 31.2. The number of phosphoric ester groups is 1. The summed E-state index contributed by atoms with van der Waals surface area (Å²) in [4.78, 5) is 14.5. The minimum Gasteiger partial charge on any atom is -0.386 e. The number of halogens is 1. The Morgan fingerprint density at radius 2 is 1.62 bits per heavy atom. The first-order valence-electron chi connectivity index (χ1n) is 18.3. The van der Waals surface area contributed by atoms with E-state index in [0.29, 0.717) is 17.5 Å². The number of phosphoric acid groups is 1. The first kappa shape index (κ1) is 43.9. The molecule has 16 heteroatoms. The highest BCUT2D eigenvalue weighted by Crippen LogP contribution is 2.45. The molecule has 1 aromatic carbocycles. The molecule has 53 heavy (non-hydrogen) atoms. The zero-order chi connectivity index (χ0) is 38.7. The first-order valence-corrected chi connectivity index (χ1v) is 19.8. The maximum atomic E-state index is 14.0. The molecule has 2 heterocycles. The van der Waals surface area contributed by atoms with Crippen molar-refractivity contribution in [2.24, 2.45) is 0 Å². The van der Waals surface area contributed by atoms with E-state index in [2.05, 4.69) is 17.0 Å². The van der Waals surface area contributed by atoms with Crippen LogP contribution in [0.1, 0.15) is 120 Å². The average Bonchev–Trinajstić information content (AvgIpc) is 3.59. The predicted molar refractivity (Wildman–Crippen MR) is 195 cm³/mol. The molecular formula is C37H54FN6O8P. The van der Waals surface area contributed by atoms with E-state index in [4.69, 9.17) is 24.3 Å². The largest absolute Gasteiger partial charge is 0.472 e. The minimum absolute atomic E-state index is 0.0510. The van der Waals surface area contributed by atoms with Gasteiger partial charge < -0.3 is 30.3 Å². The second kappa shape index (κ2) is 22.7. The number of aromatic nitrogens is 3. The van der Waals surface area contributed by atoms with Crippen molar-refractivity contribution >= 4 is 19.2 Å². The number of aliphatic hydroxyl groups excluding tert-OH is 2. The Morgan fingerprint density at radius 3 is 2.23 bits per heavy atom. The fraction of sp³-hybridized carbons (Fsp3) is 0.622. The molecule has 0 aliphatic heterocycles. The van der Waals surface area contributed by atoms with Gasteiger partial charge in [-0.25, -0.2) is 18.5 Å². The number of methoxy groups -OCH3 is 1. The van der Waals surface area contributed by atoms with Crippen LogP contribution in [0, 0.1) is 28.5 Å². The Kier molecular flexibility index (Phi) is 18.8. The first-order chi connectivity index (χ1) is 25.5. The molecule has 0 spiro atoms. The Labute approximate surface area is 311 Å². The predicted octanol–water partition coefficient (Wildman–Crippen LogP) is 6.83. The normalized spacial score (nSPS) is 15.6. The van der Waals surface area contributed by atoms with E-state index in [9.17, 15) is 34.6 Å². The van der Waals surface area contributed by atoms with Crippen LogP contribution in [0.2, 0.25) is 0 Å². The van der Waals surface area contributed by atoms with Gasteiger partial charge in [0.2, 0.25) is 5.60 Å². The van der Waals surface area contributed by atoms with Gasteiger partial charge in [-0.2, -0.15) is 15.6 Å². The minimum atomic E-state index is -4.88. The van der Waals surface area contributed by atoms with E-state index < -0.39 is 44.2 Å². The van der Waals surface area contributed by atoms with Crippen molar-refractivity contribution in [2.45, 2.75) is 127 Å². The van der Waals surface area contributed by atoms with Gasteiger partial charge in [0.1, 0.15) is 42.5 Å². The number of anilines is 1. The van der Waals surface area contributed by atoms with E-state index in [1.165, 1.54) is 86.6 Å². The van der Waals surface area contributed by atoms with Crippen LogP contribution >= 0.6 is 7.82 Å². The van der Waals surface area contributed by atoms with Crippen molar-refractivity contribution < 1.29 is 42.6 Å². The lowest BCUT2D eigenvalue weighted by molar-refractivity contribution is -0.134. The molecule has 3 aromatic rings. The maximum Gasteiger partial charge on any atom is 0.472 e. The van der Waals surface area contributed by atoms with E-state index >= 15 is 0 Å². The molecule has 1 unspecified atom stereocenters. The molecule has 3 rings (SSSR count). The van der Waals surface area contributed by atoms with Gasteiger partial charge in [0.05, 0.1) is 36.6 Å². The lowest BCUT2D eigenvalue weighted by Gasteiger charge is -2.33. The SMILES string of the molecule is CCCCCCCCCCCCCCC[C@H](COP(=O)(O)OC[C@@](C#N)(OC)[C@@H](O)[C@@H](O)c1ccc2c(N)ncnn12)OCc1cc(F)cc(C#N)c1. The number of hydrogen-bond acceptors (Lipinski definition) is 12. The van der Waals surface area contributed by atoms with Gasteiger partial charge in [0.15, 0.2) is 5.82 Å². The van der Waals surface area contributed by atoms with Gasteiger partial charge in [-0.1, -0.05) is 90.4 Å². The highest BCUT2D eigenvalue weighted by Gasteiger charge is 2.46. The molecule has 5 atom stereocenters. The van der Waals surface area contributed by atoms with Crippen LogP contribution in [0.3, 0.4) is 0 Å². The molecule has 0 amide bonds. The van der Waals surface area contributed by atoms with E-state index in [1.807, 2.05) is 6.07 Å². The van der Waals surface area contributed by atoms with Crippen molar-refractivity contribution in [2.75, 3.05) is 26.1 Å². The molecule has 0 aliphatic rings. The van der Waals surface area contributed by atoms with Crippen LogP contribution in [0.4, 0.5) is 10.2 Å². The van der Waals surface area contributed by atoms with Crippen LogP contribution in [0.15, 0.2) is 36.7 Å². The van der Waals surface area contributed by atoms with Gasteiger partial charge in [-0.05, 0) is 42.3 Å². The maximum absolute atomic E-state index is 14.0. The number of nitrogens with zero attached hydrogens (tertiary/aromatic N) is 5. The summed E-state index contributed by atoms with van der Waals surface area (Å²) in [5.41, 5.74) is 4.48. The summed E-state index contributed by atoms with van der Waals surface area (Å²) in [5, 5.41) is 45.3. The topological polar surface area (TPSA) is 218 Å². The van der Waals surface area contributed by atoms with Crippen molar-refractivity contribution in [1.29, 1.82) is 10.5 Å². The van der Waals surface area contributed by atoms with Crippen LogP contribution in [-0.2, 0) is 29.7 Å². The molecule has 0 radical (unpaired) electrons. The number of hydrogen-bond donors (Lipinski definition) is 4. The summed E-state index contributed by atoms with van der Waals surface area (Å²) in [5.74, 6) is -0.471. The number of fused-ring (bicyclic) bond motifs is 1. The summed E-state index contributed by atoms with van der Waals surface area (Å²) < 4.78 is 49.9. The van der Waals surface area contributed by atoms with Gasteiger partial charge in [-0.3, -0.25) is 9.05 Å². The Hall–Kier alpha value is -3.50. The van der Waals surface area contributed by atoms with Crippen molar-refractivity contribution in [3.8, 4) is 12.1 Å². The molecular weight excluding hydrogens is 706 g/mol. The lowest BCUT2D eigenvalue weighted by atomic mass is 9.93. The monoisotopic (exact) mass is 760 g/mol. The van der Waals surface area contributed by atoms with Crippen molar-refractivity contribution in [3.05, 3.63) is 59.3 Å². The number of ether oxygens (including phenoxy) is 2. The average molecular weight is 761 g/mol. The standard InChI is InChI=1S/C37H54FN6O8P/c1-3-4-5-6-7-8-9-10-11-12-13-14-15-16-31(50-23-29-19-28(22-39)20-30(38)21-29)24-51-53(47,48)52-26-37(25-40,49-2)35(46)34(45)32-17-18-33-36(41)42-27-43-44(32)33/h17-21,27,31,34-35,45-46H,3-16,23-24,26H2,1-2H3,(H,47,48)(H2,41,42,43)/t31-,34+,35+,37-/m1/s1. The van der Waals surface area contributed by atoms with Gasteiger partial charge in [0.25, 0.3) is 0 Å². The molecule has 0 bridgehead atoms. The zero-order valence-electron chi connectivity index (χ0n) is 30.7. The van der Waals surface area contributed by atoms with E-state index in [0.717, 1.165) is 45.2 Å². The lowest BCUT2D eigenvalue weighted by Crippen LogP contribution is -2.50. The molecule has 0 fully saturated rings. The molecule has 0 saturated heterocycles. The molecule has 292 valence electrons. The summed E-state index contributed by atoms with van der Waals surface area (Å²) in [7, 11) is -3.81. The summed E-state index contributed by atoms with van der Waals surface area (Å²) in [6, 6.07) is 10.4. The van der Waals surface area contributed by atoms with Gasteiger partial charge in [0, 0.05) is 7.11 Å². The van der Waals surface area contributed by atoms with E-state index in [-0.39, 0.29) is 30.3 Å². The van der Waals surface area contributed by atoms with Crippen molar-refractivity contribution in [1.82, 2.24) is 14.6 Å². The third-order valence-electron chi connectivity index (χ3n) is 9.21. The third kappa shape index (κ3) is 14.0. The quantitative estimate of drug-likeness (QED) is 0.0463. The number of benzene rings is 1.